The van der Waals surface area contributed by atoms with Crippen LogP contribution in [0.2, 0.25) is 10.0 Å². The number of anilines is 1. The highest BCUT2D eigenvalue weighted by molar-refractivity contribution is 7.48. The van der Waals surface area contributed by atoms with Crippen molar-refractivity contribution >= 4 is 54.2 Å². The van der Waals surface area contributed by atoms with Crippen LogP contribution in [-0.2, 0) is 27.6 Å². The third-order valence-electron chi connectivity index (χ3n) is 6.09. The molecule has 198 valence electrons. The number of carbonyl (C=O) groups is 1. The highest BCUT2D eigenvalue weighted by Crippen LogP contribution is 2.57. The average molecular weight is 574 g/mol. The molecule has 4 heterocycles. The predicted octanol–water partition coefficient (Wildman–Crippen LogP) is 4.61. The number of phosphoric acid groups is 1. The van der Waals surface area contributed by atoms with Crippen LogP contribution in [0.25, 0.3) is 11.2 Å². The molecule has 0 bridgehead atoms. The van der Waals surface area contributed by atoms with Crippen LogP contribution in [0.4, 0.5) is 10.6 Å². The largest absolute Gasteiger partial charge is 0.506 e. The molecule has 2 saturated heterocycles. The predicted molar refractivity (Wildman–Crippen MR) is 130 cm³/mol. The van der Waals surface area contributed by atoms with Crippen LogP contribution < -0.4 is 5.73 Å². The summed E-state index contributed by atoms with van der Waals surface area (Å²) in [6.45, 7) is 1.49. The first-order chi connectivity index (χ1) is 17.6. The summed E-state index contributed by atoms with van der Waals surface area (Å²) < 4.78 is 42.7. The Morgan fingerprint density at radius 1 is 1.27 bits per heavy atom. The molecule has 0 spiro atoms. The number of imidazole rings is 1. The summed E-state index contributed by atoms with van der Waals surface area (Å²) in [6, 6.07) is 4.88. The van der Waals surface area contributed by atoms with Crippen LogP contribution in [0.3, 0.4) is 0 Å². The molecule has 0 saturated carbocycles. The van der Waals surface area contributed by atoms with Crippen molar-refractivity contribution in [3.05, 3.63) is 46.5 Å². The van der Waals surface area contributed by atoms with Crippen molar-refractivity contribution in [1.82, 2.24) is 19.5 Å². The van der Waals surface area contributed by atoms with Crippen molar-refractivity contribution in [2.75, 3.05) is 18.9 Å². The van der Waals surface area contributed by atoms with Crippen molar-refractivity contribution in [3.63, 3.8) is 0 Å². The quantitative estimate of drug-likeness (QED) is 0.310. The van der Waals surface area contributed by atoms with Gasteiger partial charge in [-0.2, -0.15) is 0 Å². The Balaban J connectivity index is 1.34. The van der Waals surface area contributed by atoms with Gasteiger partial charge in [0.25, 0.3) is 0 Å². The fourth-order valence-electron chi connectivity index (χ4n) is 4.42. The summed E-state index contributed by atoms with van der Waals surface area (Å²) in [7, 11) is -4.05. The normalized spacial score (nSPS) is 30.0. The van der Waals surface area contributed by atoms with Crippen LogP contribution >= 0.6 is 31.0 Å². The minimum Gasteiger partial charge on any atom is -0.450 e. The van der Waals surface area contributed by atoms with Gasteiger partial charge in [-0.15, -0.1) is 0 Å². The zero-order valence-electron chi connectivity index (χ0n) is 19.3. The number of nitrogens with two attached hydrogens (primary N) is 1. The summed E-state index contributed by atoms with van der Waals surface area (Å²) in [6.07, 6.45) is -1.66. The molecule has 2 aliphatic rings. The number of rotatable bonds is 6. The monoisotopic (exact) mass is 573 g/mol. The summed E-state index contributed by atoms with van der Waals surface area (Å²) in [4.78, 5) is 23.8. The molecule has 0 amide bonds. The maximum atomic E-state index is 13.3. The first kappa shape index (κ1) is 26.1. The zero-order valence-corrected chi connectivity index (χ0v) is 21.7. The number of nitrogen functional groups attached to an aromatic ring is 1. The molecule has 1 aromatic carbocycles. The minimum absolute atomic E-state index is 0.0911. The first-order valence-corrected chi connectivity index (χ1v) is 13.4. The van der Waals surface area contributed by atoms with Gasteiger partial charge in [-0.3, -0.25) is 18.1 Å². The van der Waals surface area contributed by atoms with Gasteiger partial charge in [0.2, 0.25) is 0 Å². The van der Waals surface area contributed by atoms with Gasteiger partial charge >= 0.3 is 14.0 Å². The molecular weight excluding hydrogens is 552 g/mol. The summed E-state index contributed by atoms with van der Waals surface area (Å²) >= 11 is 12.2. The van der Waals surface area contributed by atoms with Crippen LogP contribution in [0.15, 0.2) is 30.9 Å². The third kappa shape index (κ3) is 5.39. The average Bonchev–Trinajstić information content (AvgIpc) is 3.39. The van der Waals surface area contributed by atoms with Crippen molar-refractivity contribution in [2.24, 2.45) is 5.92 Å². The highest BCUT2D eigenvalue weighted by atomic mass is 35.5. The van der Waals surface area contributed by atoms with E-state index in [9.17, 15) is 14.5 Å². The van der Waals surface area contributed by atoms with E-state index in [0.717, 1.165) is 0 Å². The fraction of sp³-hybridized carbons (Fsp3) is 0.429. The first-order valence-electron chi connectivity index (χ1n) is 11.1. The number of hydrogen-bond acceptors (Lipinski definition) is 11. The van der Waals surface area contributed by atoms with E-state index in [4.69, 9.17) is 52.0 Å². The maximum Gasteiger partial charge on any atom is 0.506 e. The molecule has 3 aromatic rings. The Kier molecular flexibility index (Phi) is 7.29. The Labute approximate surface area is 220 Å². The van der Waals surface area contributed by atoms with Crippen molar-refractivity contribution < 1.29 is 37.5 Å². The Bertz CT molecular complexity index is 1360. The summed E-state index contributed by atoms with van der Waals surface area (Å²) in [5, 5.41) is 10.1. The highest BCUT2D eigenvalue weighted by Gasteiger charge is 2.48. The molecule has 16 heteroatoms. The van der Waals surface area contributed by atoms with E-state index in [-0.39, 0.29) is 19.0 Å². The van der Waals surface area contributed by atoms with Gasteiger partial charge < -0.3 is 20.3 Å². The van der Waals surface area contributed by atoms with E-state index >= 15 is 0 Å². The van der Waals surface area contributed by atoms with Gasteiger partial charge in [-0.25, -0.2) is 24.3 Å². The van der Waals surface area contributed by atoms with E-state index < -0.39 is 44.4 Å². The number of fused-ring (bicyclic) bond motifs is 1. The molecule has 2 aromatic heterocycles. The topological polar surface area (TPSA) is 170 Å². The minimum atomic E-state index is -4.05. The number of phosphoric ester groups is 1. The lowest BCUT2D eigenvalue weighted by Crippen LogP contribution is -2.34. The zero-order chi connectivity index (χ0) is 26.3. The maximum absolute atomic E-state index is 13.3. The second-order valence-electron chi connectivity index (χ2n) is 8.52. The summed E-state index contributed by atoms with van der Waals surface area (Å²) in [5.74, 6) is -0.318. The Hall–Kier alpha value is -2.51. The van der Waals surface area contributed by atoms with E-state index in [2.05, 4.69) is 15.0 Å². The molecule has 37 heavy (non-hydrogen) atoms. The second-order valence-corrected chi connectivity index (χ2v) is 11.0. The van der Waals surface area contributed by atoms with Crippen LogP contribution in [-0.4, -0.2) is 56.2 Å². The molecule has 2 fully saturated rings. The van der Waals surface area contributed by atoms with Crippen molar-refractivity contribution in [1.29, 1.82) is 0 Å². The van der Waals surface area contributed by atoms with Crippen LogP contribution in [0, 0.1) is 5.92 Å². The standard InChI is InChI=1S/C21H22Cl2N5O8P/c1-10-17(35-21(29)30)15(34-20(10)28-9-27-16-18(24)25-8-26-19(16)28)7-33-37(31)32-3-2-14(36-37)11-4-12(22)6-13(23)5-11/h4-6,8-10,14-15,17,20H,2-3,7H2,1H3,(H,29,30)(H2,24,25,26)/t10-,14?,15+,17-,20+,37?/m0/s1. The summed E-state index contributed by atoms with van der Waals surface area (Å²) in [5.41, 5.74) is 7.26. The number of ether oxygens (including phenoxy) is 2. The molecule has 0 radical (unpaired) electrons. The van der Waals surface area contributed by atoms with Gasteiger partial charge in [0.15, 0.2) is 11.5 Å². The van der Waals surface area contributed by atoms with E-state index in [1.807, 2.05) is 0 Å². The van der Waals surface area contributed by atoms with Gasteiger partial charge in [-0.05, 0) is 23.8 Å². The van der Waals surface area contributed by atoms with Gasteiger partial charge in [0.05, 0.1) is 25.6 Å². The number of halogens is 2. The van der Waals surface area contributed by atoms with E-state index in [0.29, 0.717) is 33.2 Å². The van der Waals surface area contributed by atoms with Crippen LogP contribution in [0.1, 0.15) is 31.2 Å². The van der Waals surface area contributed by atoms with Gasteiger partial charge in [0.1, 0.15) is 30.3 Å². The lowest BCUT2D eigenvalue weighted by Gasteiger charge is -2.30. The van der Waals surface area contributed by atoms with Gasteiger partial charge in [-0.1, -0.05) is 30.1 Å². The number of benzene rings is 1. The molecular formula is C21H22Cl2N5O8P. The lowest BCUT2D eigenvalue weighted by molar-refractivity contribution is -0.0593. The number of nitrogens with zero attached hydrogens (tertiary/aromatic N) is 4. The molecule has 2 aliphatic heterocycles. The van der Waals surface area contributed by atoms with Crippen molar-refractivity contribution in [3.8, 4) is 0 Å². The fourth-order valence-corrected chi connectivity index (χ4v) is 6.36. The number of hydrogen-bond donors (Lipinski definition) is 2. The molecule has 13 nitrogen and oxygen atoms in total. The molecule has 6 atom stereocenters. The smallest absolute Gasteiger partial charge is 0.450 e. The lowest BCUT2D eigenvalue weighted by atomic mass is 10.0. The molecule has 3 N–H and O–H groups in total. The molecule has 5 rings (SSSR count). The third-order valence-corrected chi connectivity index (χ3v) is 8.00. The number of aromatic nitrogens is 4. The van der Waals surface area contributed by atoms with E-state index in [1.165, 1.54) is 12.7 Å². The Morgan fingerprint density at radius 2 is 2.03 bits per heavy atom. The molecule has 2 unspecified atom stereocenters. The second kappa shape index (κ2) is 10.3. The Morgan fingerprint density at radius 3 is 2.76 bits per heavy atom. The van der Waals surface area contributed by atoms with E-state index in [1.54, 1.807) is 29.7 Å². The molecule has 0 aliphatic carbocycles. The SMILES string of the molecule is C[C@H]1[C@H](OC(=O)O)[C@@H](COP2(=O)OCCC(c3cc(Cl)cc(Cl)c3)O2)O[C@H]1n1cnc2c(N)ncnc21. The van der Waals surface area contributed by atoms with Crippen LogP contribution in [0.5, 0.6) is 0 Å². The number of carboxylic acid groups (broad SMARTS) is 1. The van der Waals surface area contributed by atoms with Crippen molar-refractivity contribution in [2.45, 2.75) is 37.9 Å². The van der Waals surface area contributed by atoms with Gasteiger partial charge in [0, 0.05) is 22.4 Å².